The van der Waals surface area contributed by atoms with Gasteiger partial charge in [0.1, 0.15) is 17.4 Å². The third-order valence-electron chi connectivity index (χ3n) is 4.89. The van der Waals surface area contributed by atoms with Crippen LogP contribution in [0, 0.1) is 5.92 Å². The first-order valence-corrected chi connectivity index (χ1v) is 10.9. The number of aliphatic hydroxyl groups is 1. The van der Waals surface area contributed by atoms with E-state index in [1.807, 2.05) is 24.4 Å². The predicted octanol–water partition coefficient (Wildman–Crippen LogP) is 5.84. The molecule has 0 fully saturated rings. The van der Waals surface area contributed by atoms with Crippen molar-refractivity contribution in [3.8, 4) is 0 Å². The fraction of sp³-hybridized carbons (Fsp3) is 0.565. The first-order chi connectivity index (χ1) is 13.5. The van der Waals surface area contributed by atoms with Crippen LogP contribution in [0.3, 0.4) is 0 Å². The van der Waals surface area contributed by atoms with Gasteiger partial charge in [0.25, 0.3) is 0 Å². The van der Waals surface area contributed by atoms with Crippen LogP contribution in [0.4, 0.5) is 0 Å². The van der Waals surface area contributed by atoms with E-state index in [2.05, 4.69) is 61.0 Å². The molecule has 148 valence electrons. The summed E-state index contributed by atoms with van der Waals surface area (Å²) in [5, 5.41) is 13.1. The first-order valence-electron chi connectivity index (χ1n) is 10.9. The number of hydrogen-bond acceptors (Lipinski definition) is 3. The monoisotopic (exact) mass is 375 g/mol. The second-order valence-electron chi connectivity index (χ2n) is 8.00. The molecule has 1 N–H and O–H groups in total. The van der Waals surface area contributed by atoms with Crippen LogP contribution in [0.25, 0.3) is 21.9 Å². The third kappa shape index (κ3) is 5.83. The van der Waals surface area contributed by atoms with Gasteiger partial charge >= 0.3 is 42.6 Å². The summed E-state index contributed by atoms with van der Waals surface area (Å²) in [5.41, 5.74) is 2.93. The van der Waals surface area contributed by atoms with Crippen LogP contribution in [-0.2, 0) is 6.54 Å². The molecule has 2 aromatic heterocycles. The number of benzene rings is 1. The molecule has 1 aromatic carbocycles. The second-order valence-corrected chi connectivity index (χ2v) is 8.00. The number of unbranched alkanes of at least 4 members (excludes halogenated alkanes) is 2. The van der Waals surface area contributed by atoms with Crippen LogP contribution < -0.4 is 0 Å². The van der Waals surface area contributed by atoms with Gasteiger partial charge in [0.15, 0.2) is 0 Å². The number of imidazole rings is 1. The second kappa shape index (κ2) is 11.6. The Morgan fingerprint density at radius 2 is 1.79 bits per heavy atom. The first kappa shape index (κ1) is 22.9. The molecule has 0 aliphatic heterocycles. The number of pyridine rings is 1. The summed E-state index contributed by atoms with van der Waals surface area (Å²) in [5.74, 6) is 1.26. The molecule has 4 nitrogen and oxygen atoms in total. The Labute approximate surface area is 179 Å². The summed E-state index contributed by atoms with van der Waals surface area (Å²) >= 11 is 2.21. The van der Waals surface area contributed by atoms with Crippen LogP contribution in [0.15, 0.2) is 30.5 Å². The Morgan fingerprint density at radius 3 is 2.39 bits per heavy atom. The van der Waals surface area contributed by atoms with Gasteiger partial charge in [-0.1, -0.05) is 51.8 Å². The third-order valence-corrected chi connectivity index (χ3v) is 4.89. The summed E-state index contributed by atoms with van der Waals surface area (Å²) in [4.78, 5) is 9.23. The van der Waals surface area contributed by atoms with Gasteiger partial charge in [-0.05, 0) is 18.4 Å². The fourth-order valence-electron chi connectivity index (χ4n) is 3.46. The van der Waals surface area contributed by atoms with Gasteiger partial charge in [-0.25, -0.2) is 4.98 Å². The Kier molecular flexibility index (Phi) is 9.51. The van der Waals surface area contributed by atoms with Gasteiger partial charge in [0, 0.05) is 11.9 Å². The van der Waals surface area contributed by atoms with Crippen molar-refractivity contribution in [2.75, 3.05) is 0 Å². The maximum atomic E-state index is 10.6. The molecule has 0 aliphatic rings. The van der Waals surface area contributed by atoms with Crippen molar-refractivity contribution < 1.29 is 5.11 Å². The molecule has 0 spiro atoms. The summed E-state index contributed by atoms with van der Waals surface area (Å²) in [6.07, 6.45) is 6.88. The van der Waals surface area contributed by atoms with Gasteiger partial charge in [0.05, 0.1) is 17.2 Å². The molecule has 3 aromatic rings. The Hall–Kier alpha value is -1.34. The van der Waals surface area contributed by atoms with E-state index < -0.39 is 6.10 Å². The average molecular weight is 375 g/mol. The number of aromatic nitrogens is 3. The van der Waals surface area contributed by atoms with Crippen molar-refractivity contribution in [2.24, 2.45) is 5.92 Å². The van der Waals surface area contributed by atoms with Crippen molar-refractivity contribution >= 4 is 39.7 Å². The van der Waals surface area contributed by atoms with E-state index in [4.69, 9.17) is 4.98 Å². The summed E-state index contributed by atoms with van der Waals surface area (Å²) in [7, 11) is 0. The molecule has 2 heterocycles. The van der Waals surface area contributed by atoms with Gasteiger partial charge in [-0.15, -0.1) is 0 Å². The van der Waals surface area contributed by atoms with E-state index in [0.717, 1.165) is 53.6 Å². The molecule has 28 heavy (non-hydrogen) atoms. The van der Waals surface area contributed by atoms with Crippen molar-refractivity contribution in [3.05, 3.63) is 36.3 Å². The van der Waals surface area contributed by atoms with E-state index in [1.165, 1.54) is 17.9 Å². The Balaban J connectivity index is 0.000000500. The van der Waals surface area contributed by atoms with E-state index in [1.54, 1.807) is 0 Å². The van der Waals surface area contributed by atoms with E-state index in [9.17, 15) is 5.11 Å². The van der Waals surface area contributed by atoms with Crippen LogP contribution >= 0.6 is 0 Å². The van der Waals surface area contributed by atoms with Gasteiger partial charge in [-0.2, -0.15) is 0 Å². The normalized spacial score (nSPS) is 12.4. The minimum absolute atomic E-state index is 0.483. The molecule has 0 amide bonds. The molecule has 0 radical (unpaired) electrons. The number of aliphatic hydroxyl groups excluding tert-OH is 1. The maximum absolute atomic E-state index is 10.6. The zero-order chi connectivity index (χ0) is 20.5. The molecule has 0 bridgehead atoms. The van der Waals surface area contributed by atoms with Crippen molar-refractivity contribution in [2.45, 2.75) is 77.5 Å². The molecule has 0 aliphatic carbocycles. The molecule has 0 saturated heterocycles. The van der Waals surface area contributed by atoms with Crippen molar-refractivity contribution in [1.29, 1.82) is 0 Å². The number of nitrogens with zero attached hydrogens (tertiary/aromatic N) is 3. The van der Waals surface area contributed by atoms with E-state index in [-0.39, 0.29) is 0 Å². The van der Waals surface area contributed by atoms with Gasteiger partial charge in [0.2, 0.25) is 0 Å². The van der Waals surface area contributed by atoms with Crippen molar-refractivity contribution in [3.63, 3.8) is 0 Å². The molecule has 1 atom stereocenters. The van der Waals surface area contributed by atoms with Crippen molar-refractivity contribution in [1.82, 2.24) is 14.5 Å². The molecular formula is C23H34LiN3O. The van der Waals surface area contributed by atoms with Crippen LogP contribution in [-0.4, -0.2) is 37.4 Å². The number of rotatable bonds is 8. The molecule has 5 heteroatoms. The summed E-state index contributed by atoms with van der Waals surface area (Å²) in [6.45, 7) is 9.59. The average Bonchev–Trinajstić information content (AvgIpc) is 3.05. The summed E-state index contributed by atoms with van der Waals surface area (Å²) in [6, 6.07) is 8.14. The molecule has 3 rings (SSSR count). The Bertz CT molecular complexity index is 858. The number of para-hydroxylation sites is 1. The van der Waals surface area contributed by atoms with E-state index >= 15 is 0 Å². The Morgan fingerprint density at radius 1 is 1.07 bits per heavy atom. The van der Waals surface area contributed by atoms with Gasteiger partial charge < -0.3 is 9.67 Å². The molecular weight excluding hydrogens is 341 g/mol. The zero-order valence-electron chi connectivity index (χ0n) is 18.3. The predicted molar refractivity (Wildman–Crippen MR) is 120 cm³/mol. The quantitative estimate of drug-likeness (QED) is 0.503. The SMILES string of the molecule is CCCCC(O)c1nc2cnc3ccccc3c2n1CC(C)C.[Li][CH2]CCC. The number of fused-ring (bicyclic) bond motifs is 3. The van der Waals surface area contributed by atoms with Crippen LogP contribution in [0.2, 0.25) is 5.09 Å². The van der Waals surface area contributed by atoms with Crippen LogP contribution in [0.5, 0.6) is 0 Å². The molecule has 1 unspecified atom stereocenters. The standard InChI is InChI=1S/C19H25N3O.C4H9.Li/c1-4-5-10-17(23)19-21-16-11-20-15-9-7-6-8-14(15)18(16)22(19)12-13(2)3;1-3-4-2;/h6-9,11,13,17,23H,4-5,10,12H2,1-3H3;1,3-4H2,2H3;. The minimum atomic E-state index is -0.514. The fourth-order valence-corrected chi connectivity index (χ4v) is 3.46. The van der Waals surface area contributed by atoms with Gasteiger partial charge in [-0.3, -0.25) is 4.98 Å². The number of hydrogen-bond donors (Lipinski definition) is 1. The summed E-state index contributed by atoms with van der Waals surface area (Å²) < 4.78 is 2.20. The van der Waals surface area contributed by atoms with E-state index in [0.29, 0.717) is 5.92 Å². The topological polar surface area (TPSA) is 50.9 Å². The van der Waals surface area contributed by atoms with Crippen LogP contribution in [0.1, 0.15) is 71.7 Å². The molecule has 0 saturated carbocycles. The zero-order valence-corrected chi connectivity index (χ0v) is 18.3.